The van der Waals surface area contributed by atoms with E-state index >= 15 is 0 Å². The number of carbonyl (C=O) groups excluding carboxylic acids is 1. The van der Waals surface area contributed by atoms with Crippen molar-refractivity contribution in [3.8, 4) is 5.75 Å². The van der Waals surface area contributed by atoms with Crippen molar-refractivity contribution in [1.82, 2.24) is 0 Å². The van der Waals surface area contributed by atoms with Crippen LogP contribution >= 0.6 is 12.6 Å². The standard InChI is InChI=1S/C10H10O2S/c1-2-3-7-4-5-9(11)8(6-7)10(12)13/h2,4-6,11H,1,3H2,(H,12,13). The maximum absolute atomic E-state index is 10.9. The zero-order valence-electron chi connectivity index (χ0n) is 7.03. The van der Waals surface area contributed by atoms with Gasteiger partial charge in [0.25, 0.3) is 0 Å². The van der Waals surface area contributed by atoms with Crippen molar-refractivity contribution in [2.75, 3.05) is 0 Å². The van der Waals surface area contributed by atoms with Gasteiger partial charge in [0.1, 0.15) is 5.75 Å². The predicted molar refractivity (Wildman–Crippen MR) is 55.3 cm³/mol. The fourth-order valence-electron chi connectivity index (χ4n) is 1.05. The molecule has 0 fully saturated rings. The summed E-state index contributed by atoms with van der Waals surface area (Å²) < 4.78 is 0. The molecule has 0 aliphatic rings. The fourth-order valence-corrected chi connectivity index (χ4v) is 1.23. The van der Waals surface area contributed by atoms with Crippen LogP contribution in [-0.4, -0.2) is 10.2 Å². The lowest BCUT2D eigenvalue weighted by Crippen LogP contribution is -1.92. The third kappa shape index (κ3) is 2.36. The highest BCUT2D eigenvalue weighted by Crippen LogP contribution is 2.20. The summed E-state index contributed by atoms with van der Waals surface area (Å²) in [6, 6.07) is 4.85. The number of phenols is 1. The van der Waals surface area contributed by atoms with E-state index < -0.39 is 5.12 Å². The van der Waals surface area contributed by atoms with Crippen molar-refractivity contribution >= 4 is 17.7 Å². The van der Waals surface area contributed by atoms with Crippen molar-refractivity contribution < 1.29 is 9.90 Å². The molecule has 0 unspecified atom stereocenters. The number of allylic oxidation sites excluding steroid dienone is 1. The molecule has 2 nitrogen and oxygen atoms in total. The van der Waals surface area contributed by atoms with Gasteiger partial charge in [0.2, 0.25) is 5.12 Å². The minimum absolute atomic E-state index is 0.0344. The molecule has 1 aromatic rings. The lowest BCUT2D eigenvalue weighted by molar-refractivity contribution is 0.108. The molecule has 0 radical (unpaired) electrons. The Hall–Kier alpha value is -1.22. The summed E-state index contributed by atoms with van der Waals surface area (Å²) in [5.41, 5.74) is 1.17. The molecule has 13 heavy (non-hydrogen) atoms. The van der Waals surface area contributed by atoms with Crippen molar-refractivity contribution in [3.05, 3.63) is 42.0 Å². The third-order valence-electron chi connectivity index (χ3n) is 1.67. The van der Waals surface area contributed by atoms with Crippen LogP contribution in [0.4, 0.5) is 0 Å². The minimum Gasteiger partial charge on any atom is -0.507 e. The molecule has 0 amide bonds. The molecule has 1 aromatic carbocycles. The second-order valence-electron chi connectivity index (χ2n) is 2.65. The van der Waals surface area contributed by atoms with E-state index in [-0.39, 0.29) is 11.3 Å². The number of hydrogen-bond donors (Lipinski definition) is 2. The van der Waals surface area contributed by atoms with Gasteiger partial charge in [-0.25, -0.2) is 0 Å². The largest absolute Gasteiger partial charge is 0.507 e. The highest BCUT2D eigenvalue weighted by molar-refractivity contribution is 7.97. The Bertz CT molecular complexity index is 345. The number of rotatable bonds is 3. The van der Waals surface area contributed by atoms with E-state index in [9.17, 15) is 9.90 Å². The molecule has 3 heteroatoms. The first kappa shape index (κ1) is 9.86. The van der Waals surface area contributed by atoms with Gasteiger partial charge in [-0.15, -0.1) is 19.2 Å². The van der Waals surface area contributed by atoms with Crippen LogP contribution in [0.3, 0.4) is 0 Å². The highest BCUT2D eigenvalue weighted by atomic mass is 32.1. The summed E-state index contributed by atoms with van der Waals surface area (Å²) in [7, 11) is 0. The Morgan fingerprint density at radius 1 is 1.62 bits per heavy atom. The SMILES string of the molecule is C=CCc1ccc(O)c(C(=O)S)c1. The van der Waals surface area contributed by atoms with E-state index in [1.165, 1.54) is 6.07 Å². The van der Waals surface area contributed by atoms with Crippen molar-refractivity contribution in [1.29, 1.82) is 0 Å². The van der Waals surface area contributed by atoms with Crippen molar-refractivity contribution in [2.45, 2.75) is 6.42 Å². The fraction of sp³-hybridized carbons (Fsp3) is 0.100. The van der Waals surface area contributed by atoms with E-state index in [1.54, 1.807) is 18.2 Å². The molecule has 0 spiro atoms. The summed E-state index contributed by atoms with van der Waals surface area (Å²) in [5, 5.41) is 8.85. The molecule has 68 valence electrons. The Morgan fingerprint density at radius 2 is 2.31 bits per heavy atom. The zero-order chi connectivity index (χ0) is 9.84. The molecule has 0 aliphatic carbocycles. The lowest BCUT2D eigenvalue weighted by atomic mass is 10.1. The van der Waals surface area contributed by atoms with Crippen LogP contribution in [0.1, 0.15) is 15.9 Å². The monoisotopic (exact) mass is 194 g/mol. The molecular formula is C10H10O2S. The van der Waals surface area contributed by atoms with Crippen LogP contribution in [0.2, 0.25) is 0 Å². The summed E-state index contributed by atoms with van der Waals surface area (Å²) in [5.74, 6) is -0.0344. The van der Waals surface area contributed by atoms with E-state index in [4.69, 9.17) is 0 Å². The van der Waals surface area contributed by atoms with E-state index in [1.807, 2.05) is 0 Å². The maximum Gasteiger partial charge on any atom is 0.220 e. The number of aromatic hydroxyl groups is 1. The topological polar surface area (TPSA) is 37.3 Å². The Morgan fingerprint density at radius 3 is 2.85 bits per heavy atom. The second-order valence-corrected chi connectivity index (χ2v) is 3.06. The predicted octanol–water partition coefficient (Wildman–Crippen LogP) is 2.19. The first-order chi connectivity index (χ1) is 6.15. The lowest BCUT2D eigenvalue weighted by Gasteiger charge is -2.02. The summed E-state index contributed by atoms with van der Waals surface area (Å²) in [6.07, 6.45) is 2.41. The Kier molecular flexibility index (Phi) is 3.14. The van der Waals surface area contributed by atoms with Gasteiger partial charge in [-0.1, -0.05) is 12.1 Å². The second kappa shape index (κ2) is 4.14. The number of carbonyl (C=O) groups is 1. The highest BCUT2D eigenvalue weighted by Gasteiger charge is 2.06. The number of hydrogen-bond acceptors (Lipinski definition) is 2. The molecule has 0 bridgehead atoms. The van der Waals surface area contributed by atoms with E-state index in [2.05, 4.69) is 19.2 Å². The Balaban J connectivity index is 3.10. The number of phenolic OH excluding ortho intramolecular Hbond substituents is 1. The average molecular weight is 194 g/mol. The number of thiol groups is 1. The van der Waals surface area contributed by atoms with Crippen LogP contribution in [0.25, 0.3) is 0 Å². The molecule has 0 heterocycles. The van der Waals surface area contributed by atoms with Crippen LogP contribution in [0.15, 0.2) is 30.9 Å². The number of benzene rings is 1. The smallest absolute Gasteiger partial charge is 0.220 e. The Labute approximate surface area is 82.3 Å². The quantitative estimate of drug-likeness (QED) is 0.571. The molecule has 0 atom stereocenters. The third-order valence-corrected chi connectivity index (χ3v) is 1.91. The average Bonchev–Trinajstić information content (AvgIpc) is 2.08. The first-order valence-corrected chi connectivity index (χ1v) is 4.26. The van der Waals surface area contributed by atoms with Gasteiger partial charge in [0.05, 0.1) is 5.56 Å². The summed E-state index contributed by atoms with van der Waals surface area (Å²) >= 11 is 3.65. The van der Waals surface area contributed by atoms with Gasteiger partial charge in [-0.05, 0) is 24.1 Å². The summed E-state index contributed by atoms with van der Waals surface area (Å²) in [6.45, 7) is 3.59. The molecule has 0 saturated carbocycles. The normalized spacial score (nSPS) is 9.62. The molecule has 0 aromatic heterocycles. The zero-order valence-corrected chi connectivity index (χ0v) is 7.92. The van der Waals surface area contributed by atoms with Gasteiger partial charge in [0, 0.05) is 0 Å². The first-order valence-electron chi connectivity index (χ1n) is 3.81. The van der Waals surface area contributed by atoms with Crippen molar-refractivity contribution in [2.24, 2.45) is 0 Å². The van der Waals surface area contributed by atoms with Gasteiger partial charge >= 0.3 is 0 Å². The van der Waals surface area contributed by atoms with Crippen LogP contribution in [0.5, 0.6) is 5.75 Å². The van der Waals surface area contributed by atoms with Gasteiger partial charge in [0.15, 0.2) is 0 Å². The van der Waals surface area contributed by atoms with Crippen LogP contribution in [0, 0.1) is 0 Å². The molecule has 1 rings (SSSR count). The minimum atomic E-state index is -0.427. The van der Waals surface area contributed by atoms with Gasteiger partial charge in [-0.2, -0.15) is 0 Å². The molecular weight excluding hydrogens is 184 g/mol. The molecule has 0 aliphatic heterocycles. The maximum atomic E-state index is 10.9. The molecule has 1 N–H and O–H groups in total. The van der Waals surface area contributed by atoms with Crippen LogP contribution < -0.4 is 0 Å². The van der Waals surface area contributed by atoms with Crippen molar-refractivity contribution in [3.63, 3.8) is 0 Å². The van der Waals surface area contributed by atoms with E-state index in [0.29, 0.717) is 6.42 Å². The van der Waals surface area contributed by atoms with Gasteiger partial charge in [-0.3, -0.25) is 4.79 Å². The van der Waals surface area contributed by atoms with E-state index in [0.717, 1.165) is 5.56 Å². The molecule has 0 saturated heterocycles. The summed E-state index contributed by atoms with van der Waals surface area (Å²) in [4.78, 5) is 10.9. The van der Waals surface area contributed by atoms with Crippen LogP contribution in [-0.2, 0) is 6.42 Å². The van der Waals surface area contributed by atoms with Gasteiger partial charge < -0.3 is 5.11 Å².